The molecule has 0 aliphatic rings. The first kappa shape index (κ1) is 21.1. The summed E-state index contributed by atoms with van der Waals surface area (Å²) in [5.41, 5.74) is 0. The highest BCUT2D eigenvalue weighted by Gasteiger charge is 2.81. The highest BCUT2D eigenvalue weighted by atomic mass is 19.4. The SMILES string of the molecule is C=CCCCCC(O)CC(F)(F)C(F)(F)C(F)(F)C(F)(F)F. The van der Waals surface area contributed by atoms with Crippen molar-refractivity contribution in [3.05, 3.63) is 12.7 Å². The van der Waals surface area contributed by atoms with E-state index in [0.717, 1.165) is 0 Å². The molecule has 0 aromatic rings. The second kappa shape index (κ2) is 7.10. The summed E-state index contributed by atoms with van der Waals surface area (Å²) in [6.45, 7) is 3.35. The van der Waals surface area contributed by atoms with Crippen molar-refractivity contribution in [1.82, 2.24) is 0 Å². The van der Waals surface area contributed by atoms with E-state index >= 15 is 0 Å². The maximum Gasteiger partial charge on any atom is 0.460 e. The molecule has 22 heavy (non-hydrogen) atoms. The van der Waals surface area contributed by atoms with E-state index in [1.807, 2.05) is 0 Å². The molecule has 0 rings (SSSR count). The van der Waals surface area contributed by atoms with Crippen LogP contribution >= 0.6 is 0 Å². The van der Waals surface area contributed by atoms with Crippen molar-refractivity contribution < 1.29 is 44.6 Å². The van der Waals surface area contributed by atoms with E-state index in [2.05, 4.69) is 6.58 Å². The van der Waals surface area contributed by atoms with Crippen LogP contribution in [-0.4, -0.2) is 35.2 Å². The largest absolute Gasteiger partial charge is 0.460 e. The normalized spacial score (nSPS) is 15.7. The van der Waals surface area contributed by atoms with Gasteiger partial charge in [-0.3, -0.25) is 0 Å². The number of aliphatic hydroxyl groups is 1. The van der Waals surface area contributed by atoms with E-state index < -0.39 is 42.9 Å². The first-order valence-electron chi connectivity index (χ1n) is 6.20. The Hall–Kier alpha value is -0.930. The summed E-state index contributed by atoms with van der Waals surface area (Å²) in [5, 5.41) is 9.15. The van der Waals surface area contributed by atoms with Crippen LogP contribution in [0.25, 0.3) is 0 Å². The Balaban J connectivity index is 4.94. The van der Waals surface area contributed by atoms with Gasteiger partial charge in [0.15, 0.2) is 0 Å². The number of halogens is 9. The molecule has 0 aliphatic carbocycles. The van der Waals surface area contributed by atoms with E-state index in [1.54, 1.807) is 0 Å². The zero-order valence-corrected chi connectivity index (χ0v) is 11.2. The molecule has 0 heterocycles. The highest BCUT2D eigenvalue weighted by molar-refractivity contribution is 5.00. The summed E-state index contributed by atoms with van der Waals surface area (Å²) in [7, 11) is 0. The van der Waals surface area contributed by atoms with E-state index in [1.165, 1.54) is 6.08 Å². The van der Waals surface area contributed by atoms with Crippen molar-refractivity contribution >= 4 is 0 Å². The van der Waals surface area contributed by atoms with Crippen molar-refractivity contribution in [2.45, 2.75) is 62.2 Å². The lowest BCUT2D eigenvalue weighted by atomic mass is 9.96. The Morgan fingerprint density at radius 2 is 1.36 bits per heavy atom. The minimum Gasteiger partial charge on any atom is -0.393 e. The maximum atomic E-state index is 13.1. The number of unbranched alkanes of at least 4 members (excludes halogenated alkanes) is 2. The predicted molar refractivity (Wildman–Crippen MR) is 60.2 cm³/mol. The molecule has 1 atom stereocenters. The zero-order valence-electron chi connectivity index (χ0n) is 11.2. The third kappa shape index (κ3) is 4.53. The summed E-state index contributed by atoms with van der Waals surface area (Å²) >= 11 is 0. The van der Waals surface area contributed by atoms with Crippen molar-refractivity contribution in [2.75, 3.05) is 0 Å². The number of hydrogen-bond acceptors (Lipinski definition) is 1. The van der Waals surface area contributed by atoms with Crippen LogP contribution in [0.15, 0.2) is 12.7 Å². The Morgan fingerprint density at radius 3 is 1.77 bits per heavy atom. The molecule has 0 fully saturated rings. The van der Waals surface area contributed by atoms with Crippen molar-refractivity contribution in [1.29, 1.82) is 0 Å². The van der Waals surface area contributed by atoms with Gasteiger partial charge in [-0.05, 0) is 19.3 Å². The Kier molecular flexibility index (Phi) is 6.80. The lowest BCUT2D eigenvalue weighted by molar-refractivity contribution is -0.398. The molecule has 0 amide bonds. The predicted octanol–water partition coefficient (Wildman–Crippen LogP) is 4.95. The van der Waals surface area contributed by atoms with Crippen molar-refractivity contribution in [3.63, 3.8) is 0 Å². The molecule has 0 aromatic heterocycles. The first-order chi connectivity index (χ1) is 9.70. The first-order valence-corrected chi connectivity index (χ1v) is 6.20. The van der Waals surface area contributed by atoms with Crippen LogP contribution in [0.1, 0.15) is 32.1 Å². The Labute approximate surface area is 120 Å². The topological polar surface area (TPSA) is 20.2 Å². The maximum absolute atomic E-state index is 13.1. The van der Waals surface area contributed by atoms with Crippen LogP contribution in [0.2, 0.25) is 0 Å². The minimum atomic E-state index is -6.91. The van der Waals surface area contributed by atoms with Gasteiger partial charge in [0.2, 0.25) is 0 Å². The summed E-state index contributed by atoms with van der Waals surface area (Å²) in [5.74, 6) is -19.3. The van der Waals surface area contributed by atoms with Crippen LogP contribution in [-0.2, 0) is 0 Å². The molecule has 0 bridgehead atoms. The number of rotatable bonds is 9. The van der Waals surface area contributed by atoms with Crippen LogP contribution in [0.3, 0.4) is 0 Å². The standard InChI is InChI=1S/C12H15F9O/c1-2-3-4-5-6-8(22)7-9(13,14)10(15,16)11(17,18)12(19,20)21/h2,8,22H,1,3-7H2. The van der Waals surface area contributed by atoms with E-state index in [4.69, 9.17) is 5.11 Å². The van der Waals surface area contributed by atoms with Gasteiger partial charge in [0, 0.05) is 6.42 Å². The van der Waals surface area contributed by atoms with E-state index in [0.29, 0.717) is 12.8 Å². The second-order valence-corrected chi connectivity index (χ2v) is 4.78. The summed E-state index contributed by atoms with van der Waals surface area (Å²) in [4.78, 5) is 0. The average Bonchev–Trinajstić information content (AvgIpc) is 2.32. The van der Waals surface area contributed by atoms with E-state index in [9.17, 15) is 39.5 Å². The number of hydrogen-bond donors (Lipinski definition) is 1. The smallest absolute Gasteiger partial charge is 0.393 e. The second-order valence-electron chi connectivity index (χ2n) is 4.78. The average molecular weight is 346 g/mol. The summed E-state index contributed by atoms with van der Waals surface area (Å²) in [6, 6.07) is 0. The molecule has 0 saturated carbocycles. The van der Waals surface area contributed by atoms with Crippen molar-refractivity contribution in [3.8, 4) is 0 Å². The van der Waals surface area contributed by atoms with E-state index in [-0.39, 0.29) is 6.42 Å². The summed E-state index contributed by atoms with van der Waals surface area (Å²) < 4.78 is 113. The fourth-order valence-corrected chi connectivity index (χ4v) is 1.60. The van der Waals surface area contributed by atoms with Gasteiger partial charge in [0.05, 0.1) is 6.10 Å². The molecule has 0 spiro atoms. The summed E-state index contributed by atoms with van der Waals surface area (Å²) in [6.07, 6.45) is -9.20. The molecule has 1 nitrogen and oxygen atoms in total. The van der Waals surface area contributed by atoms with Crippen LogP contribution in [0, 0.1) is 0 Å². The highest BCUT2D eigenvalue weighted by Crippen LogP contribution is 2.54. The lowest BCUT2D eigenvalue weighted by Gasteiger charge is -2.34. The van der Waals surface area contributed by atoms with Crippen LogP contribution in [0.5, 0.6) is 0 Å². The van der Waals surface area contributed by atoms with Crippen LogP contribution < -0.4 is 0 Å². The van der Waals surface area contributed by atoms with Crippen LogP contribution in [0.4, 0.5) is 39.5 Å². The minimum absolute atomic E-state index is 0.102. The fourth-order valence-electron chi connectivity index (χ4n) is 1.60. The molecular weight excluding hydrogens is 331 g/mol. The molecule has 10 heteroatoms. The number of alkyl halides is 9. The third-order valence-electron chi connectivity index (χ3n) is 2.90. The lowest BCUT2D eigenvalue weighted by Crippen LogP contribution is -2.61. The molecule has 132 valence electrons. The molecule has 1 unspecified atom stereocenters. The Bertz CT molecular complexity index is 362. The van der Waals surface area contributed by atoms with Gasteiger partial charge >= 0.3 is 23.9 Å². The number of allylic oxidation sites excluding steroid dienone is 1. The zero-order chi connectivity index (χ0) is 17.8. The molecule has 0 aromatic carbocycles. The van der Waals surface area contributed by atoms with Gasteiger partial charge < -0.3 is 5.11 Å². The van der Waals surface area contributed by atoms with Gasteiger partial charge in [-0.15, -0.1) is 6.58 Å². The number of aliphatic hydroxyl groups excluding tert-OH is 1. The van der Waals surface area contributed by atoms with Gasteiger partial charge in [0.25, 0.3) is 0 Å². The molecular formula is C12H15F9O. The third-order valence-corrected chi connectivity index (χ3v) is 2.90. The van der Waals surface area contributed by atoms with Gasteiger partial charge in [0.1, 0.15) is 0 Å². The quantitative estimate of drug-likeness (QED) is 0.356. The fraction of sp³-hybridized carbons (Fsp3) is 0.833. The molecule has 0 saturated heterocycles. The molecule has 0 radical (unpaired) electrons. The van der Waals surface area contributed by atoms with Gasteiger partial charge in [-0.2, -0.15) is 39.5 Å². The molecule has 1 N–H and O–H groups in total. The monoisotopic (exact) mass is 346 g/mol. The van der Waals surface area contributed by atoms with Gasteiger partial charge in [-0.25, -0.2) is 0 Å². The van der Waals surface area contributed by atoms with Gasteiger partial charge in [-0.1, -0.05) is 12.5 Å². The Morgan fingerprint density at radius 1 is 0.864 bits per heavy atom. The van der Waals surface area contributed by atoms with Crippen molar-refractivity contribution in [2.24, 2.45) is 0 Å². The molecule has 0 aliphatic heterocycles.